The number of para-hydroxylation sites is 1. The summed E-state index contributed by atoms with van der Waals surface area (Å²) in [6.45, 7) is 3.10. The summed E-state index contributed by atoms with van der Waals surface area (Å²) in [6.07, 6.45) is 1.63. The summed E-state index contributed by atoms with van der Waals surface area (Å²) >= 11 is 0. The van der Waals surface area contributed by atoms with Crippen molar-refractivity contribution >= 4 is 23.3 Å². The summed E-state index contributed by atoms with van der Waals surface area (Å²) in [5.41, 5.74) is 2.66. The molecule has 1 atom stereocenters. The van der Waals surface area contributed by atoms with Crippen molar-refractivity contribution in [3.05, 3.63) is 60.2 Å². The number of hydrogen-bond donors (Lipinski definition) is 2. The maximum absolute atomic E-state index is 12.5. The van der Waals surface area contributed by atoms with Crippen LogP contribution >= 0.6 is 0 Å². The lowest BCUT2D eigenvalue weighted by Gasteiger charge is -2.32. The van der Waals surface area contributed by atoms with Crippen molar-refractivity contribution in [2.75, 3.05) is 23.7 Å². The molecule has 1 saturated heterocycles. The minimum atomic E-state index is -0.183. The Morgan fingerprint density at radius 3 is 2.52 bits per heavy atom. The quantitative estimate of drug-likeness (QED) is 0.893. The van der Waals surface area contributed by atoms with E-state index in [1.165, 1.54) is 0 Å². The van der Waals surface area contributed by atoms with Crippen LogP contribution in [-0.4, -0.2) is 29.9 Å². The van der Waals surface area contributed by atoms with E-state index >= 15 is 0 Å². The summed E-state index contributed by atoms with van der Waals surface area (Å²) in [7, 11) is 0. The molecule has 1 aliphatic rings. The van der Waals surface area contributed by atoms with Crippen LogP contribution in [0.3, 0.4) is 0 Å². The van der Waals surface area contributed by atoms with E-state index in [-0.39, 0.29) is 17.9 Å². The van der Waals surface area contributed by atoms with Crippen LogP contribution in [-0.2, 0) is 4.79 Å². The largest absolute Gasteiger partial charge is 0.326 e. The Balaban J connectivity index is 1.58. The SMILES string of the molecule is Cc1cccc(NC(=O)N2CCCC(C(=O)Nc3ccccc3)C2)c1. The lowest BCUT2D eigenvalue weighted by atomic mass is 9.97. The molecule has 1 heterocycles. The first-order valence-electron chi connectivity index (χ1n) is 8.60. The van der Waals surface area contributed by atoms with Gasteiger partial charge in [0.05, 0.1) is 5.92 Å². The number of anilines is 2. The third kappa shape index (κ3) is 4.59. The molecule has 25 heavy (non-hydrogen) atoms. The van der Waals surface area contributed by atoms with Crippen LogP contribution in [0.25, 0.3) is 0 Å². The van der Waals surface area contributed by atoms with E-state index in [2.05, 4.69) is 10.6 Å². The maximum atomic E-state index is 12.5. The van der Waals surface area contributed by atoms with Gasteiger partial charge in [-0.25, -0.2) is 4.79 Å². The number of aryl methyl sites for hydroxylation is 1. The molecule has 1 fully saturated rings. The maximum Gasteiger partial charge on any atom is 0.321 e. The van der Waals surface area contributed by atoms with E-state index in [0.29, 0.717) is 13.1 Å². The summed E-state index contributed by atoms with van der Waals surface area (Å²) in [5, 5.41) is 5.85. The van der Waals surface area contributed by atoms with E-state index in [0.717, 1.165) is 29.8 Å². The predicted octanol–water partition coefficient (Wildman–Crippen LogP) is 3.88. The Kier molecular flexibility index (Phi) is 5.33. The van der Waals surface area contributed by atoms with E-state index in [1.54, 1.807) is 4.90 Å². The number of nitrogens with one attached hydrogen (secondary N) is 2. The van der Waals surface area contributed by atoms with Crippen molar-refractivity contribution in [1.82, 2.24) is 4.90 Å². The highest BCUT2D eigenvalue weighted by Gasteiger charge is 2.28. The van der Waals surface area contributed by atoms with Crippen molar-refractivity contribution in [2.24, 2.45) is 5.92 Å². The number of nitrogens with zero attached hydrogens (tertiary/aromatic N) is 1. The lowest BCUT2D eigenvalue weighted by Crippen LogP contribution is -2.45. The van der Waals surface area contributed by atoms with Gasteiger partial charge in [0.15, 0.2) is 0 Å². The molecule has 0 spiro atoms. The van der Waals surface area contributed by atoms with Gasteiger partial charge in [0.2, 0.25) is 5.91 Å². The molecule has 1 aliphatic heterocycles. The molecule has 3 rings (SSSR count). The number of carbonyl (C=O) groups is 2. The highest BCUT2D eigenvalue weighted by atomic mass is 16.2. The van der Waals surface area contributed by atoms with Gasteiger partial charge < -0.3 is 15.5 Å². The Morgan fingerprint density at radius 1 is 1.00 bits per heavy atom. The summed E-state index contributed by atoms with van der Waals surface area (Å²) in [5.74, 6) is -0.212. The van der Waals surface area contributed by atoms with Gasteiger partial charge in [-0.2, -0.15) is 0 Å². The molecule has 2 N–H and O–H groups in total. The monoisotopic (exact) mass is 337 g/mol. The van der Waals surface area contributed by atoms with E-state index in [9.17, 15) is 9.59 Å². The fourth-order valence-corrected chi connectivity index (χ4v) is 3.07. The molecule has 1 unspecified atom stereocenters. The van der Waals surface area contributed by atoms with Crippen LogP contribution in [0.1, 0.15) is 18.4 Å². The minimum Gasteiger partial charge on any atom is -0.326 e. The van der Waals surface area contributed by atoms with Gasteiger partial charge in [-0.3, -0.25) is 4.79 Å². The number of carbonyl (C=O) groups excluding carboxylic acids is 2. The van der Waals surface area contributed by atoms with Crippen LogP contribution < -0.4 is 10.6 Å². The normalized spacial score (nSPS) is 17.0. The number of benzene rings is 2. The fraction of sp³-hybridized carbons (Fsp3) is 0.300. The van der Waals surface area contributed by atoms with Gasteiger partial charge in [-0.05, 0) is 49.6 Å². The van der Waals surface area contributed by atoms with Gasteiger partial charge in [0.1, 0.15) is 0 Å². The second-order valence-electron chi connectivity index (χ2n) is 6.44. The van der Waals surface area contributed by atoms with Crippen LogP contribution in [0, 0.1) is 12.8 Å². The molecule has 0 radical (unpaired) electrons. The minimum absolute atomic E-state index is 0.0285. The summed E-state index contributed by atoms with van der Waals surface area (Å²) in [6, 6.07) is 17.0. The van der Waals surface area contributed by atoms with Crippen molar-refractivity contribution in [3.8, 4) is 0 Å². The van der Waals surface area contributed by atoms with Crippen molar-refractivity contribution in [3.63, 3.8) is 0 Å². The van der Waals surface area contributed by atoms with Crippen molar-refractivity contribution in [1.29, 1.82) is 0 Å². The van der Waals surface area contributed by atoms with E-state index in [4.69, 9.17) is 0 Å². The van der Waals surface area contributed by atoms with Crippen LogP contribution in [0.5, 0.6) is 0 Å². The first-order chi connectivity index (χ1) is 12.1. The molecule has 3 amide bonds. The molecule has 130 valence electrons. The molecular weight excluding hydrogens is 314 g/mol. The summed E-state index contributed by atoms with van der Waals surface area (Å²) in [4.78, 5) is 26.7. The standard InChI is InChI=1S/C20H23N3O2/c1-15-7-5-11-18(13-15)22-20(25)23-12-6-8-16(14-23)19(24)21-17-9-3-2-4-10-17/h2-5,7,9-11,13,16H,6,8,12,14H2,1H3,(H,21,24)(H,22,25). The topological polar surface area (TPSA) is 61.4 Å². The van der Waals surface area contributed by atoms with Gasteiger partial charge in [0.25, 0.3) is 0 Å². The van der Waals surface area contributed by atoms with Crippen LogP contribution in [0.2, 0.25) is 0 Å². The van der Waals surface area contributed by atoms with E-state index < -0.39 is 0 Å². The second-order valence-corrected chi connectivity index (χ2v) is 6.44. The Bertz CT molecular complexity index is 746. The average Bonchev–Trinajstić information content (AvgIpc) is 2.62. The number of rotatable bonds is 3. The summed E-state index contributed by atoms with van der Waals surface area (Å²) < 4.78 is 0. The van der Waals surface area contributed by atoms with Crippen LogP contribution in [0.15, 0.2) is 54.6 Å². The Hall–Kier alpha value is -2.82. The molecular formula is C20H23N3O2. The predicted molar refractivity (Wildman–Crippen MR) is 99.6 cm³/mol. The lowest BCUT2D eigenvalue weighted by molar-refractivity contribution is -0.121. The first kappa shape index (κ1) is 17.0. The van der Waals surface area contributed by atoms with Gasteiger partial charge in [0, 0.05) is 24.5 Å². The highest BCUT2D eigenvalue weighted by molar-refractivity contribution is 5.94. The number of piperidine rings is 1. The number of likely N-dealkylation sites (tertiary alicyclic amines) is 1. The molecule has 0 saturated carbocycles. The fourth-order valence-electron chi connectivity index (χ4n) is 3.07. The number of hydrogen-bond acceptors (Lipinski definition) is 2. The first-order valence-corrected chi connectivity index (χ1v) is 8.60. The highest BCUT2D eigenvalue weighted by Crippen LogP contribution is 2.20. The molecule has 0 bridgehead atoms. The Labute approximate surface area is 148 Å². The van der Waals surface area contributed by atoms with Crippen molar-refractivity contribution in [2.45, 2.75) is 19.8 Å². The third-order valence-electron chi connectivity index (χ3n) is 4.39. The molecule has 2 aromatic rings. The smallest absolute Gasteiger partial charge is 0.321 e. The second kappa shape index (κ2) is 7.83. The zero-order valence-electron chi connectivity index (χ0n) is 14.4. The zero-order chi connectivity index (χ0) is 17.6. The molecule has 2 aromatic carbocycles. The average molecular weight is 337 g/mol. The number of amides is 3. The van der Waals surface area contributed by atoms with Gasteiger partial charge in [-0.15, -0.1) is 0 Å². The van der Waals surface area contributed by atoms with Crippen LogP contribution in [0.4, 0.5) is 16.2 Å². The van der Waals surface area contributed by atoms with Gasteiger partial charge >= 0.3 is 6.03 Å². The molecule has 0 aromatic heterocycles. The van der Waals surface area contributed by atoms with E-state index in [1.807, 2.05) is 61.5 Å². The Morgan fingerprint density at radius 2 is 1.76 bits per heavy atom. The van der Waals surface area contributed by atoms with Crippen molar-refractivity contribution < 1.29 is 9.59 Å². The number of urea groups is 1. The third-order valence-corrected chi connectivity index (χ3v) is 4.39. The molecule has 0 aliphatic carbocycles. The zero-order valence-corrected chi connectivity index (χ0v) is 14.4. The molecule has 5 nitrogen and oxygen atoms in total. The molecule has 5 heteroatoms. The van der Waals surface area contributed by atoms with Gasteiger partial charge in [-0.1, -0.05) is 30.3 Å².